The van der Waals surface area contributed by atoms with Crippen molar-refractivity contribution in [1.29, 1.82) is 0 Å². The summed E-state index contributed by atoms with van der Waals surface area (Å²) in [5.74, 6) is 0.0528. The average Bonchev–Trinajstić information content (AvgIpc) is 2.46. The molecule has 0 aliphatic heterocycles. The maximum atomic E-state index is 12.3. The van der Waals surface area contributed by atoms with Crippen molar-refractivity contribution in [1.82, 2.24) is 10.2 Å². The van der Waals surface area contributed by atoms with E-state index in [1.807, 2.05) is 46.4 Å². The molecule has 1 rings (SSSR count). The van der Waals surface area contributed by atoms with Crippen molar-refractivity contribution in [2.75, 3.05) is 6.54 Å². The number of nitrogens with one attached hydrogen (secondary N) is 1. The van der Waals surface area contributed by atoms with E-state index in [2.05, 4.69) is 5.32 Å². The highest BCUT2D eigenvalue weighted by Gasteiger charge is 2.31. The molecule has 2 amide bonds. The Bertz CT molecular complexity index is 424. The minimum absolute atomic E-state index is 0.0760. The minimum Gasteiger partial charge on any atom is -0.444 e. The lowest BCUT2D eigenvalue weighted by Gasteiger charge is -2.37. The van der Waals surface area contributed by atoms with Crippen molar-refractivity contribution in [3.63, 3.8) is 0 Å². The zero-order valence-corrected chi connectivity index (χ0v) is 16.1. The van der Waals surface area contributed by atoms with Gasteiger partial charge in [0.25, 0.3) is 0 Å². The summed E-state index contributed by atoms with van der Waals surface area (Å²) in [6, 6.07) is -0.135. The zero-order chi connectivity index (χ0) is 18.5. The number of hydrogen-bond donors (Lipinski definition) is 2. The van der Waals surface area contributed by atoms with Crippen LogP contribution >= 0.6 is 0 Å². The molecule has 1 fully saturated rings. The van der Waals surface area contributed by atoms with Gasteiger partial charge in [0.1, 0.15) is 5.60 Å². The summed E-state index contributed by atoms with van der Waals surface area (Å²) < 4.78 is 5.49. The third kappa shape index (κ3) is 6.30. The number of carbonyl (C=O) groups excluding carboxylic acids is 2. The van der Waals surface area contributed by atoms with Crippen LogP contribution in [0.1, 0.15) is 67.2 Å². The molecule has 0 aromatic carbocycles. The Hall–Kier alpha value is -1.30. The van der Waals surface area contributed by atoms with Crippen molar-refractivity contribution in [2.24, 2.45) is 11.7 Å². The monoisotopic (exact) mass is 341 g/mol. The van der Waals surface area contributed by atoms with Gasteiger partial charge in [-0.05, 0) is 59.3 Å². The fraction of sp³-hybridized carbons (Fsp3) is 0.889. The van der Waals surface area contributed by atoms with Crippen LogP contribution < -0.4 is 11.1 Å². The van der Waals surface area contributed by atoms with Crippen molar-refractivity contribution in [3.05, 3.63) is 0 Å². The van der Waals surface area contributed by atoms with Crippen LogP contribution in [0, 0.1) is 5.92 Å². The maximum Gasteiger partial charge on any atom is 0.410 e. The van der Waals surface area contributed by atoms with Crippen LogP contribution in [0.3, 0.4) is 0 Å². The van der Waals surface area contributed by atoms with Gasteiger partial charge in [-0.3, -0.25) is 4.79 Å². The average molecular weight is 341 g/mol. The van der Waals surface area contributed by atoms with Crippen molar-refractivity contribution >= 4 is 12.0 Å². The third-order valence-corrected chi connectivity index (χ3v) is 4.47. The molecule has 1 saturated carbocycles. The topological polar surface area (TPSA) is 84.7 Å². The Kier molecular flexibility index (Phi) is 7.52. The Labute approximate surface area is 146 Å². The Morgan fingerprint density at radius 1 is 1.21 bits per heavy atom. The van der Waals surface area contributed by atoms with E-state index in [1.165, 1.54) is 0 Å². The van der Waals surface area contributed by atoms with E-state index in [0.717, 1.165) is 25.7 Å². The van der Waals surface area contributed by atoms with Gasteiger partial charge in [0.15, 0.2) is 0 Å². The first-order valence-electron chi connectivity index (χ1n) is 9.10. The number of hydrogen-bond acceptors (Lipinski definition) is 4. The highest BCUT2D eigenvalue weighted by molar-refractivity contribution is 5.82. The molecular formula is C18H35N3O3. The van der Waals surface area contributed by atoms with Crippen LogP contribution in [-0.4, -0.2) is 47.2 Å². The molecular weight excluding hydrogens is 306 g/mol. The number of rotatable bonds is 5. The van der Waals surface area contributed by atoms with Gasteiger partial charge in [-0.15, -0.1) is 0 Å². The van der Waals surface area contributed by atoms with Crippen LogP contribution in [0.4, 0.5) is 4.79 Å². The summed E-state index contributed by atoms with van der Waals surface area (Å²) in [5, 5.41) is 3.05. The Morgan fingerprint density at radius 3 is 2.17 bits per heavy atom. The zero-order valence-electron chi connectivity index (χ0n) is 16.1. The number of amides is 2. The molecule has 6 heteroatoms. The summed E-state index contributed by atoms with van der Waals surface area (Å²) in [7, 11) is 0. The van der Waals surface area contributed by atoms with E-state index < -0.39 is 11.6 Å². The molecule has 1 unspecified atom stereocenters. The molecule has 0 bridgehead atoms. The van der Waals surface area contributed by atoms with Crippen LogP contribution in [-0.2, 0) is 9.53 Å². The lowest BCUT2D eigenvalue weighted by atomic mass is 9.89. The van der Waals surface area contributed by atoms with Gasteiger partial charge in [0.05, 0.1) is 6.04 Å². The maximum absolute atomic E-state index is 12.3. The first-order valence-corrected chi connectivity index (χ1v) is 9.10. The molecule has 1 aliphatic rings. The predicted octanol–water partition coefficient (Wildman–Crippen LogP) is 2.65. The summed E-state index contributed by atoms with van der Waals surface area (Å²) in [6.45, 7) is 12.1. The SMILES string of the molecule is CCN(C(=O)OC(C)(C)C)C1CCC(NC(=O)C(N)C(C)C)CC1. The van der Waals surface area contributed by atoms with Gasteiger partial charge in [-0.25, -0.2) is 4.79 Å². The van der Waals surface area contributed by atoms with E-state index in [9.17, 15) is 9.59 Å². The van der Waals surface area contributed by atoms with Crippen LogP contribution in [0.5, 0.6) is 0 Å². The molecule has 24 heavy (non-hydrogen) atoms. The van der Waals surface area contributed by atoms with E-state index in [0.29, 0.717) is 6.54 Å². The lowest BCUT2D eigenvalue weighted by molar-refractivity contribution is -0.124. The quantitative estimate of drug-likeness (QED) is 0.805. The highest BCUT2D eigenvalue weighted by atomic mass is 16.6. The smallest absolute Gasteiger partial charge is 0.410 e. The Balaban J connectivity index is 2.51. The van der Waals surface area contributed by atoms with Gasteiger partial charge < -0.3 is 20.7 Å². The van der Waals surface area contributed by atoms with E-state index in [1.54, 1.807) is 0 Å². The van der Waals surface area contributed by atoms with Crippen LogP contribution in [0.2, 0.25) is 0 Å². The number of nitrogens with two attached hydrogens (primary N) is 1. The van der Waals surface area contributed by atoms with E-state index in [-0.39, 0.29) is 30.0 Å². The molecule has 0 spiro atoms. The van der Waals surface area contributed by atoms with Gasteiger partial charge in [-0.2, -0.15) is 0 Å². The second-order valence-electron chi connectivity index (χ2n) is 8.05. The second-order valence-corrected chi connectivity index (χ2v) is 8.05. The predicted molar refractivity (Wildman–Crippen MR) is 95.6 cm³/mol. The van der Waals surface area contributed by atoms with Gasteiger partial charge >= 0.3 is 6.09 Å². The van der Waals surface area contributed by atoms with Crippen LogP contribution in [0.15, 0.2) is 0 Å². The second kappa shape index (κ2) is 8.70. The molecule has 3 N–H and O–H groups in total. The summed E-state index contributed by atoms with van der Waals surface area (Å²) in [5.41, 5.74) is 5.41. The van der Waals surface area contributed by atoms with E-state index >= 15 is 0 Å². The van der Waals surface area contributed by atoms with Crippen molar-refractivity contribution in [3.8, 4) is 0 Å². The molecule has 6 nitrogen and oxygen atoms in total. The fourth-order valence-electron chi connectivity index (χ4n) is 2.99. The molecule has 0 saturated heterocycles. The minimum atomic E-state index is -0.483. The van der Waals surface area contributed by atoms with Gasteiger partial charge in [0, 0.05) is 18.6 Å². The number of carbonyl (C=O) groups is 2. The van der Waals surface area contributed by atoms with Gasteiger partial charge in [0.2, 0.25) is 5.91 Å². The molecule has 0 heterocycles. The normalized spacial score (nSPS) is 22.8. The molecule has 0 aromatic rings. The standard InChI is InChI=1S/C18H35N3O3/c1-7-21(17(23)24-18(4,5)6)14-10-8-13(9-11-14)20-16(22)15(19)12(2)3/h12-15H,7-11,19H2,1-6H3,(H,20,22). The first kappa shape index (κ1) is 20.7. The number of ether oxygens (including phenoxy) is 1. The fourth-order valence-corrected chi connectivity index (χ4v) is 2.99. The molecule has 0 aromatic heterocycles. The molecule has 1 aliphatic carbocycles. The summed E-state index contributed by atoms with van der Waals surface area (Å²) >= 11 is 0. The van der Waals surface area contributed by atoms with Gasteiger partial charge in [-0.1, -0.05) is 13.8 Å². The summed E-state index contributed by atoms with van der Waals surface area (Å²) in [4.78, 5) is 26.2. The largest absolute Gasteiger partial charge is 0.444 e. The lowest BCUT2D eigenvalue weighted by Crippen LogP contribution is -2.51. The third-order valence-electron chi connectivity index (χ3n) is 4.47. The summed E-state index contributed by atoms with van der Waals surface area (Å²) in [6.07, 6.45) is 3.21. The number of nitrogens with zero attached hydrogens (tertiary/aromatic N) is 1. The van der Waals surface area contributed by atoms with Crippen molar-refractivity contribution in [2.45, 2.75) is 91.0 Å². The highest BCUT2D eigenvalue weighted by Crippen LogP contribution is 2.25. The molecule has 140 valence electrons. The molecule has 1 atom stereocenters. The Morgan fingerprint density at radius 2 is 1.75 bits per heavy atom. The first-order chi connectivity index (χ1) is 11.0. The van der Waals surface area contributed by atoms with Crippen LogP contribution in [0.25, 0.3) is 0 Å². The van der Waals surface area contributed by atoms with E-state index in [4.69, 9.17) is 10.5 Å². The van der Waals surface area contributed by atoms with Crippen molar-refractivity contribution < 1.29 is 14.3 Å². The molecule has 0 radical (unpaired) electrons.